The van der Waals surface area contributed by atoms with E-state index in [1.54, 1.807) is 12.4 Å². The van der Waals surface area contributed by atoms with Gasteiger partial charge in [-0.3, -0.25) is 14.2 Å². The molecule has 2 aromatic heterocycles. The Kier molecular flexibility index (Phi) is 5.51. The predicted molar refractivity (Wildman–Crippen MR) is 93.5 cm³/mol. The van der Waals surface area contributed by atoms with Crippen molar-refractivity contribution in [2.45, 2.75) is 32.1 Å². The largest absolute Gasteiger partial charge is 0.463 e. The molecule has 134 valence electrons. The summed E-state index contributed by atoms with van der Waals surface area (Å²) in [6.07, 6.45) is 3.98. The molecule has 3 rings (SSSR count). The Hall–Kier alpha value is -2.17. The highest BCUT2D eigenvalue weighted by atomic mass is 32.1. The van der Waals surface area contributed by atoms with Crippen molar-refractivity contribution in [3.05, 3.63) is 15.9 Å². The van der Waals surface area contributed by atoms with Crippen LogP contribution in [0.25, 0.3) is 10.3 Å². The molecule has 1 aliphatic rings. The first-order valence-corrected chi connectivity index (χ1v) is 8.74. The number of carbonyl (C=O) groups is 1. The lowest BCUT2D eigenvalue weighted by Gasteiger charge is -2.14. The van der Waals surface area contributed by atoms with Gasteiger partial charge < -0.3 is 14.8 Å². The van der Waals surface area contributed by atoms with Crippen LogP contribution in [0.4, 0.5) is 5.95 Å². The molecule has 0 amide bonds. The first kappa shape index (κ1) is 17.6. The van der Waals surface area contributed by atoms with Crippen LogP contribution in [0, 0.1) is 0 Å². The first-order chi connectivity index (χ1) is 12.1. The fourth-order valence-corrected chi connectivity index (χ4v) is 3.40. The zero-order chi connectivity index (χ0) is 17.8. The lowest BCUT2D eigenvalue weighted by atomic mass is 10.2. The van der Waals surface area contributed by atoms with E-state index in [9.17, 15) is 9.59 Å². The van der Waals surface area contributed by atoms with Gasteiger partial charge in [0.15, 0.2) is 5.65 Å². The predicted octanol–water partition coefficient (Wildman–Crippen LogP) is 1.02. The summed E-state index contributed by atoms with van der Waals surface area (Å²) in [5.41, 5.74) is 0.514. The van der Waals surface area contributed by atoms with Gasteiger partial charge in [0.1, 0.15) is 12.8 Å². The number of thiazole rings is 1. The summed E-state index contributed by atoms with van der Waals surface area (Å²) in [6.45, 7) is 2.15. The van der Waals surface area contributed by atoms with Crippen LogP contribution >= 0.6 is 11.3 Å². The number of aliphatic imine (C=N–C) groups is 1. The highest BCUT2D eigenvalue weighted by Crippen LogP contribution is 2.31. The van der Waals surface area contributed by atoms with Crippen LogP contribution in [0.5, 0.6) is 0 Å². The molecule has 0 bridgehead atoms. The van der Waals surface area contributed by atoms with E-state index in [1.807, 2.05) is 7.05 Å². The number of nitrogens with one attached hydrogen (secondary N) is 1. The number of fused-ring (bicyclic) bond motifs is 1. The standard InChI is InChI=1S/C15H19N5O4S/c1-9(21)23-8-10-3-4-12(24-10)20-13-11(25-15(20)22)7-18-14(19-13)17-6-5-16-2/h6-7,10,12,16H,3-5,8H2,1-2H3/t10-,12+/m0/s1. The van der Waals surface area contributed by atoms with E-state index in [2.05, 4.69) is 20.3 Å². The molecule has 0 unspecified atom stereocenters. The van der Waals surface area contributed by atoms with Crippen molar-refractivity contribution in [2.75, 3.05) is 20.2 Å². The molecule has 1 aliphatic heterocycles. The Morgan fingerprint density at radius 1 is 1.60 bits per heavy atom. The number of rotatable bonds is 6. The molecule has 10 heteroatoms. The molecule has 25 heavy (non-hydrogen) atoms. The minimum absolute atomic E-state index is 0.154. The third-order valence-electron chi connectivity index (χ3n) is 3.69. The van der Waals surface area contributed by atoms with Gasteiger partial charge in [-0.25, -0.2) is 9.98 Å². The van der Waals surface area contributed by atoms with Crippen molar-refractivity contribution in [2.24, 2.45) is 4.99 Å². The molecule has 9 nitrogen and oxygen atoms in total. The molecule has 2 aromatic rings. The maximum Gasteiger partial charge on any atom is 0.311 e. The van der Waals surface area contributed by atoms with Gasteiger partial charge in [0, 0.05) is 19.7 Å². The van der Waals surface area contributed by atoms with Gasteiger partial charge in [0.25, 0.3) is 5.95 Å². The maximum absolute atomic E-state index is 12.4. The summed E-state index contributed by atoms with van der Waals surface area (Å²) < 4.78 is 13.1. The van der Waals surface area contributed by atoms with E-state index in [0.717, 1.165) is 11.3 Å². The molecule has 0 spiro atoms. The van der Waals surface area contributed by atoms with Crippen molar-refractivity contribution >= 4 is 39.8 Å². The van der Waals surface area contributed by atoms with Crippen molar-refractivity contribution in [1.82, 2.24) is 19.9 Å². The third kappa shape index (κ3) is 4.09. The average Bonchev–Trinajstić information content (AvgIpc) is 3.16. The monoisotopic (exact) mass is 365 g/mol. The first-order valence-electron chi connectivity index (χ1n) is 7.92. The number of nitrogens with zero attached hydrogens (tertiary/aromatic N) is 4. The lowest BCUT2D eigenvalue weighted by molar-refractivity contribution is -0.145. The van der Waals surface area contributed by atoms with E-state index in [-0.39, 0.29) is 23.6 Å². The number of carbonyl (C=O) groups excluding carboxylic acids is 1. The molecule has 0 radical (unpaired) electrons. The summed E-state index contributed by atoms with van der Waals surface area (Å²) in [5.74, 6) is -0.0502. The number of esters is 1. The second kappa shape index (κ2) is 7.81. The van der Waals surface area contributed by atoms with Crippen molar-refractivity contribution < 1.29 is 14.3 Å². The van der Waals surface area contributed by atoms with Crippen LogP contribution in [0.3, 0.4) is 0 Å². The molecular formula is C15H19N5O4S. The van der Waals surface area contributed by atoms with Gasteiger partial charge in [0.2, 0.25) is 0 Å². The normalized spacial score (nSPS) is 20.6. The van der Waals surface area contributed by atoms with Crippen LogP contribution < -0.4 is 10.2 Å². The number of ether oxygens (including phenoxy) is 2. The number of hydrogen-bond donors (Lipinski definition) is 1. The fourth-order valence-electron chi connectivity index (χ4n) is 2.57. The molecule has 0 aromatic carbocycles. The maximum atomic E-state index is 12.4. The molecule has 0 aliphatic carbocycles. The van der Waals surface area contributed by atoms with Gasteiger partial charge >= 0.3 is 10.8 Å². The molecule has 1 saturated heterocycles. The van der Waals surface area contributed by atoms with Gasteiger partial charge in [0.05, 0.1) is 17.0 Å². The van der Waals surface area contributed by atoms with Gasteiger partial charge in [-0.1, -0.05) is 11.3 Å². The zero-order valence-corrected chi connectivity index (χ0v) is 14.8. The second-order valence-electron chi connectivity index (χ2n) is 5.56. The van der Waals surface area contributed by atoms with Crippen molar-refractivity contribution in [3.63, 3.8) is 0 Å². The minimum atomic E-state index is -0.425. The second-order valence-corrected chi connectivity index (χ2v) is 6.55. The SMILES string of the molecule is CNCC=Nc1ncc2sc(=O)n([C@H]3CC[C@@H](COC(C)=O)O3)c2n1. The summed E-state index contributed by atoms with van der Waals surface area (Å²) in [7, 11) is 1.82. The Labute approximate surface area is 147 Å². The summed E-state index contributed by atoms with van der Waals surface area (Å²) in [4.78, 5) is 35.8. The Morgan fingerprint density at radius 3 is 3.20 bits per heavy atom. The van der Waals surface area contributed by atoms with E-state index in [0.29, 0.717) is 35.7 Å². The number of aromatic nitrogens is 3. The van der Waals surface area contributed by atoms with Gasteiger partial charge in [-0.15, -0.1) is 0 Å². The van der Waals surface area contributed by atoms with Crippen LogP contribution in [-0.4, -0.2) is 53.0 Å². The van der Waals surface area contributed by atoms with E-state index >= 15 is 0 Å². The number of hydrogen-bond acceptors (Lipinski definition) is 9. The van der Waals surface area contributed by atoms with E-state index in [4.69, 9.17) is 9.47 Å². The molecular weight excluding hydrogens is 346 g/mol. The average molecular weight is 365 g/mol. The zero-order valence-electron chi connectivity index (χ0n) is 14.0. The van der Waals surface area contributed by atoms with Crippen LogP contribution in [0.2, 0.25) is 0 Å². The van der Waals surface area contributed by atoms with Gasteiger partial charge in [-0.05, 0) is 19.9 Å². The highest BCUT2D eigenvalue weighted by molar-refractivity contribution is 7.16. The van der Waals surface area contributed by atoms with E-state index < -0.39 is 6.23 Å². The van der Waals surface area contributed by atoms with Crippen LogP contribution in [0.15, 0.2) is 16.0 Å². The topological polar surface area (TPSA) is 108 Å². The van der Waals surface area contributed by atoms with Gasteiger partial charge in [-0.2, -0.15) is 4.98 Å². The summed E-state index contributed by atoms with van der Waals surface area (Å²) in [5, 5.41) is 2.95. The molecule has 0 saturated carbocycles. The van der Waals surface area contributed by atoms with E-state index in [1.165, 1.54) is 11.5 Å². The van der Waals surface area contributed by atoms with Crippen molar-refractivity contribution in [3.8, 4) is 0 Å². The van der Waals surface area contributed by atoms with Crippen LogP contribution in [0.1, 0.15) is 26.0 Å². The smallest absolute Gasteiger partial charge is 0.311 e. The third-order valence-corrected chi connectivity index (χ3v) is 4.57. The molecule has 1 fully saturated rings. The fraction of sp³-hybridized carbons (Fsp3) is 0.533. The Bertz CT molecular complexity index is 846. The molecule has 3 heterocycles. The quantitative estimate of drug-likeness (QED) is 0.601. The van der Waals surface area contributed by atoms with Crippen LogP contribution in [-0.2, 0) is 14.3 Å². The highest BCUT2D eigenvalue weighted by Gasteiger charge is 2.30. The Balaban J connectivity index is 1.83. The molecule has 1 N–H and O–H groups in total. The summed E-state index contributed by atoms with van der Waals surface area (Å²) in [6, 6.07) is 0. The molecule has 2 atom stereocenters. The van der Waals surface area contributed by atoms with Crippen molar-refractivity contribution in [1.29, 1.82) is 0 Å². The Morgan fingerprint density at radius 2 is 2.44 bits per heavy atom. The summed E-state index contributed by atoms with van der Waals surface area (Å²) >= 11 is 1.07. The lowest BCUT2D eigenvalue weighted by Crippen LogP contribution is -2.22. The minimum Gasteiger partial charge on any atom is -0.463 e.